The Bertz CT molecular complexity index is 502. The summed E-state index contributed by atoms with van der Waals surface area (Å²) in [5.41, 5.74) is 5.80. The molecule has 1 heteroatoms. The van der Waals surface area contributed by atoms with Gasteiger partial charge < -0.3 is 0 Å². The van der Waals surface area contributed by atoms with Gasteiger partial charge in [0, 0.05) is 5.92 Å². The van der Waals surface area contributed by atoms with Gasteiger partial charge in [0.2, 0.25) is 0 Å². The molecule has 0 N–H and O–H groups in total. The number of hydrogen-bond acceptors (Lipinski definition) is 0. The van der Waals surface area contributed by atoms with Crippen molar-refractivity contribution in [2.75, 3.05) is 6.16 Å². The summed E-state index contributed by atoms with van der Waals surface area (Å²) in [7, 11) is 2.92. The lowest BCUT2D eigenvalue weighted by atomic mass is 9.91. The van der Waals surface area contributed by atoms with E-state index in [2.05, 4.69) is 71.6 Å². The van der Waals surface area contributed by atoms with Gasteiger partial charge in [-0.2, -0.15) is 0 Å². The minimum Gasteiger partial charge on any atom is -0.137 e. The molecule has 23 heavy (non-hydrogen) atoms. The monoisotopic (exact) mass is 326 g/mol. The fourth-order valence-corrected chi connectivity index (χ4v) is 3.60. The molecule has 0 aliphatic heterocycles. The molecule has 0 saturated carbocycles. The zero-order chi connectivity index (χ0) is 16.5. The molecule has 0 bridgehead atoms. The molecule has 0 heterocycles. The van der Waals surface area contributed by atoms with E-state index in [1.54, 1.807) is 0 Å². The van der Waals surface area contributed by atoms with Crippen molar-refractivity contribution >= 4 is 9.24 Å². The molecule has 0 amide bonds. The SMILES string of the molecule is CCCCc1ccc(C(CP)c2ccc(CCCC)cc2)cc1. The van der Waals surface area contributed by atoms with Crippen LogP contribution in [0.3, 0.4) is 0 Å². The molecule has 0 spiro atoms. The van der Waals surface area contributed by atoms with Crippen molar-refractivity contribution in [1.29, 1.82) is 0 Å². The predicted octanol–water partition coefficient (Wildman–Crippen LogP) is 6.38. The number of hydrogen-bond donors (Lipinski definition) is 0. The zero-order valence-corrected chi connectivity index (χ0v) is 15.9. The highest BCUT2D eigenvalue weighted by atomic mass is 31.0. The van der Waals surface area contributed by atoms with E-state index in [1.807, 2.05) is 0 Å². The van der Waals surface area contributed by atoms with E-state index in [9.17, 15) is 0 Å². The molecular formula is C22H31P. The Balaban J connectivity index is 2.09. The molecule has 2 aromatic rings. The van der Waals surface area contributed by atoms with Crippen LogP contribution in [0.1, 0.15) is 67.7 Å². The summed E-state index contributed by atoms with van der Waals surface area (Å²) < 4.78 is 0. The predicted molar refractivity (Wildman–Crippen MR) is 107 cm³/mol. The summed E-state index contributed by atoms with van der Waals surface area (Å²) in [5.74, 6) is 0.487. The third-order valence-corrected chi connectivity index (χ3v) is 5.11. The van der Waals surface area contributed by atoms with Crippen LogP contribution in [0.25, 0.3) is 0 Å². The van der Waals surface area contributed by atoms with Crippen LogP contribution in [-0.2, 0) is 12.8 Å². The molecule has 2 aromatic carbocycles. The summed E-state index contributed by atoms with van der Waals surface area (Å²) in [6.07, 6.45) is 8.57. The third kappa shape index (κ3) is 5.47. The molecule has 0 aliphatic rings. The van der Waals surface area contributed by atoms with E-state index in [0.29, 0.717) is 5.92 Å². The van der Waals surface area contributed by atoms with Gasteiger partial charge in [-0.05, 0) is 54.1 Å². The second-order valence-corrected chi connectivity index (χ2v) is 6.95. The molecule has 0 radical (unpaired) electrons. The van der Waals surface area contributed by atoms with Gasteiger partial charge in [0.15, 0.2) is 0 Å². The molecule has 0 aromatic heterocycles. The first kappa shape index (κ1) is 18.2. The maximum absolute atomic E-state index is 2.92. The second kappa shape index (κ2) is 9.89. The Labute approximate surface area is 144 Å². The van der Waals surface area contributed by atoms with Crippen LogP contribution in [-0.4, -0.2) is 6.16 Å². The van der Waals surface area contributed by atoms with E-state index in [1.165, 1.54) is 60.8 Å². The van der Waals surface area contributed by atoms with Crippen LogP contribution in [0.2, 0.25) is 0 Å². The molecular weight excluding hydrogens is 295 g/mol. The molecule has 0 saturated heterocycles. The van der Waals surface area contributed by atoms with Gasteiger partial charge in [-0.3, -0.25) is 0 Å². The molecule has 0 fully saturated rings. The lowest BCUT2D eigenvalue weighted by molar-refractivity contribution is 0.792. The first-order valence-electron chi connectivity index (χ1n) is 9.16. The molecule has 0 nitrogen and oxygen atoms in total. The van der Waals surface area contributed by atoms with E-state index in [4.69, 9.17) is 0 Å². The fourth-order valence-electron chi connectivity index (χ4n) is 3.06. The summed E-state index contributed by atoms with van der Waals surface area (Å²) in [6, 6.07) is 18.6. The molecule has 0 aliphatic carbocycles. The van der Waals surface area contributed by atoms with Gasteiger partial charge in [-0.1, -0.05) is 75.2 Å². The van der Waals surface area contributed by atoms with Gasteiger partial charge in [-0.15, -0.1) is 9.24 Å². The smallest absolute Gasteiger partial charge is 0.0124 e. The summed E-state index contributed by atoms with van der Waals surface area (Å²) in [4.78, 5) is 0. The first-order chi connectivity index (χ1) is 11.3. The Morgan fingerprint density at radius 2 is 1.09 bits per heavy atom. The minimum atomic E-state index is 0.487. The molecule has 2 rings (SSSR count). The zero-order valence-electron chi connectivity index (χ0n) is 14.7. The van der Waals surface area contributed by atoms with E-state index in [-0.39, 0.29) is 0 Å². The fraction of sp³-hybridized carbons (Fsp3) is 0.455. The Hall–Kier alpha value is -1.13. The van der Waals surface area contributed by atoms with Crippen LogP contribution in [0.15, 0.2) is 48.5 Å². The number of rotatable bonds is 9. The van der Waals surface area contributed by atoms with Crippen molar-refractivity contribution in [2.24, 2.45) is 0 Å². The van der Waals surface area contributed by atoms with Crippen molar-refractivity contribution in [3.8, 4) is 0 Å². The lowest BCUT2D eigenvalue weighted by Gasteiger charge is -2.17. The third-order valence-electron chi connectivity index (χ3n) is 4.64. The Morgan fingerprint density at radius 3 is 1.39 bits per heavy atom. The van der Waals surface area contributed by atoms with Crippen molar-refractivity contribution < 1.29 is 0 Å². The van der Waals surface area contributed by atoms with Crippen molar-refractivity contribution in [2.45, 2.75) is 58.3 Å². The van der Waals surface area contributed by atoms with Crippen LogP contribution < -0.4 is 0 Å². The highest BCUT2D eigenvalue weighted by molar-refractivity contribution is 7.16. The highest BCUT2D eigenvalue weighted by Crippen LogP contribution is 2.27. The van der Waals surface area contributed by atoms with Crippen molar-refractivity contribution in [3.63, 3.8) is 0 Å². The van der Waals surface area contributed by atoms with Crippen LogP contribution >= 0.6 is 9.24 Å². The number of unbranched alkanes of at least 4 members (excludes halogenated alkanes) is 2. The Morgan fingerprint density at radius 1 is 0.696 bits per heavy atom. The van der Waals surface area contributed by atoms with Crippen molar-refractivity contribution in [3.05, 3.63) is 70.8 Å². The van der Waals surface area contributed by atoms with Gasteiger partial charge in [0.25, 0.3) is 0 Å². The van der Waals surface area contributed by atoms with Gasteiger partial charge in [0.05, 0.1) is 0 Å². The summed E-state index contributed by atoms with van der Waals surface area (Å²) >= 11 is 0. The molecule has 1 unspecified atom stereocenters. The molecule has 1 atom stereocenters. The maximum atomic E-state index is 2.92. The second-order valence-electron chi connectivity index (χ2n) is 6.48. The normalized spacial score (nSPS) is 11.1. The minimum absolute atomic E-state index is 0.487. The van der Waals surface area contributed by atoms with E-state index >= 15 is 0 Å². The summed E-state index contributed by atoms with van der Waals surface area (Å²) in [5, 5.41) is 0. The summed E-state index contributed by atoms with van der Waals surface area (Å²) in [6.45, 7) is 4.51. The molecule has 124 valence electrons. The number of aryl methyl sites for hydroxylation is 2. The van der Waals surface area contributed by atoms with E-state index in [0.717, 1.165) is 6.16 Å². The Kier molecular flexibility index (Phi) is 7.83. The van der Waals surface area contributed by atoms with E-state index < -0.39 is 0 Å². The average molecular weight is 326 g/mol. The van der Waals surface area contributed by atoms with Crippen LogP contribution in [0.5, 0.6) is 0 Å². The van der Waals surface area contributed by atoms with Gasteiger partial charge in [0.1, 0.15) is 0 Å². The maximum Gasteiger partial charge on any atom is 0.0124 e. The van der Waals surface area contributed by atoms with Crippen LogP contribution in [0, 0.1) is 0 Å². The van der Waals surface area contributed by atoms with Gasteiger partial charge >= 0.3 is 0 Å². The van der Waals surface area contributed by atoms with Gasteiger partial charge in [-0.25, -0.2) is 0 Å². The first-order valence-corrected chi connectivity index (χ1v) is 9.97. The number of benzene rings is 2. The van der Waals surface area contributed by atoms with Crippen LogP contribution in [0.4, 0.5) is 0 Å². The standard InChI is InChI=1S/C22H31P/c1-3-5-7-18-9-13-20(14-10-18)22(17-23)21-15-11-19(12-16-21)8-6-4-2/h9-16,22H,3-8,17,23H2,1-2H3. The topological polar surface area (TPSA) is 0 Å². The van der Waals surface area contributed by atoms with Crippen molar-refractivity contribution in [1.82, 2.24) is 0 Å². The highest BCUT2D eigenvalue weighted by Gasteiger charge is 2.12. The quantitative estimate of drug-likeness (QED) is 0.469. The lowest BCUT2D eigenvalue weighted by Crippen LogP contribution is -2.03. The average Bonchev–Trinajstić information content (AvgIpc) is 2.61. The largest absolute Gasteiger partial charge is 0.137 e.